The number of aliphatic hydroxyl groups excluding tert-OH is 1. The highest BCUT2D eigenvalue weighted by molar-refractivity contribution is 6.28. The van der Waals surface area contributed by atoms with Crippen LogP contribution in [-0.2, 0) is 44.9 Å². The summed E-state index contributed by atoms with van der Waals surface area (Å²) in [7, 11) is 1.64. The van der Waals surface area contributed by atoms with E-state index in [1.807, 2.05) is 120 Å². The minimum atomic E-state index is -1.49. The fourth-order valence-corrected chi connectivity index (χ4v) is 11.1. The number of carbonyl (C=O) groups is 3. The lowest BCUT2D eigenvalue weighted by Crippen LogP contribution is -2.48. The molecule has 0 aromatic heterocycles. The third kappa shape index (κ3) is 6.00. The maximum atomic E-state index is 15.7. The van der Waals surface area contributed by atoms with Crippen LogP contribution in [0.1, 0.15) is 65.4 Å². The van der Waals surface area contributed by atoms with Gasteiger partial charge >= 0.3 is 0 Å². The summed E-state index contributed by atoms with van der Waals surface area (Å²) in [5, 5.41) is 12.5. The Hall–Kier alpha value is -6.29. The number of nitrogens with zero attached hydrogens (tertiary/aromatic N) is 3. The van der Waals surface area contributed by atoms with E-state index in [1.165, 1.54) is 0 Å². The van der Waals surface area contributed by atoms with Gasteiger partial charge in [0.05, 0.1) is 55.8 Å². The third-order valence-corrected chi connectivity index (χ3v) is 14.1. The van der Waals surface area contributed by atoms with Crippen LogP contribution in [0.4, 0.5) is 17.1 Å². The first-order chi connectivity index (χ1) is 29.5. The molecule has 0 unspecified atom stereocenters. The summed E-state index contributed by atoms with van der Waals surface area (Å²) >= 11 is 0. The third-order valence-electron chi connectivity index (χ3n) is 14.1. The summed E-state index contributed by atoms with van der Waals surface area (Å²) < 4.78 is 13.0. The fourth-order valence-electron chi connectivity index (χ4n) is 11.1. The van der Waals surface area contributed by atoms with Crippen molar-refractivity contribution < 1.29 is 29.0 Å². The predicted molar refractivity (Wildman–Crippen MR) is 236 cm³/mol. The van der Waals surface area contributed by atoms with Crippen molar-refractivity contribution in [1.82, 2.24) is 4.90 Å². The molecule has 9 nitrogen and oxygen atoms in total. The number of ether oxygens (including phenoxy) is 2. The van der Waals surface area contributed by atoms with Crippen LogP contribution in [0.2, 0.25) is 0 Å². The van der Waals surface area contributed by atoms with Crippen LogP contribution in [0.15, 0.2) is 133 Å². The quantitative estimate of drug-likeness (QED) is 0.157. The van der Waals surface area contributed by atoms with Gasteiger partial charge in [-0.15, -0.1) is 0 Å². The Balaban J connectivity index is 1.11. The minimum absolute atomic E-state index is 0.0118. The van der Waals surface area contributed by atoms with Crippen molar-refractivity contribution in [2.75, 3.05) is 23.5 Å². The normalized spacial score (nSPS) is 22.9. The SMILES string of the molecule is COc1ccc(C(C)(C)[C@@H]2[C@@H](CC(=O)N3Cc4ccccc4C[C@H]3CO)O[C@]3(C(=O)N(Cc4ccccc4)c4ccc(N5C(=O)c6cccc7cccc5c67)cc43)[C@H]2C)cc1. The Labute approximate surface area is 356 Å². The first kappa shape index (κ1) is 38.9. The Morgan fingerprint density at radius 2 is 1.57 bits per heavy atom. The van der Waals surface area contributed by atoms with Gasteiger partial charge in [-0.1, -0.05) is 112 Å². The molecule has 1 saturated heterocycles. The van der Waals surface area contributed by atoms with E-state index >= 15 is 4.79 Å². The van der Waals surface area contributed by atoms with Crippen LogP contribution >= 0.6 is 0 Å². The van der Waals surface area contributed by atoms with Crippen LogP contribution in [0.25, 0.3) is 10.8 Å². The molecule has 6 aromatic carbocycles. The number of rotatable bonds is 9. The van der Waals surface area contributed by atoms with Crippen molar-refractivity contribution in [1.29, 1.82) is 0 Å². The van der Waals surface area contributed by atoms with Crippen molar-refractivity contribution >= 4 is 45.6 Å². The van der Waals surface area contributed by atoms with Gasteiger partial charge in [-0.05, 0) is 81.9 Å². The van der Waals surface area contributed by atoms with Crippen LogP contribution < -0.4 is 14.5 Å². The smallest absolute Gasteiger partial charge is 0.264 e. The molecular weight excluding hydrogens is 763 g/mol. The Kier molecular flexibility index (Phi) is 9.38. The lowest BCUT2D eigenvalue weighted by Gasteiger charge is -2.40. The Bertz CT molecular complexity index is 2710. The van der Waals surface area contributed by atoms with E-state index in [4.69, 9.17) is 9.47 Å². The number of hydrogen-bond donors (Lipinski definition) is 1. The molecule has 4 aliphatic heterocycles. The maximum absolute atomic E-state index is 15.7. The number of amides is 3. The number of benzene rings is 6. The van der Waals surface area contributed by atoms with Crippen molar-refractivity contribution in [3.05, 3.63) is 167 Å². The molecule has 3 amide bonds. The van der Waals surface area contributed by atoms with E-state index in [9.17, 15) is 14.7 Å². The highest BCUT2D eigenvalue weighted by Gasteiger charge is 2.66. The first-order valence-electron chi connectivity index (χ1n) is 21.2. The molecule has 61 heavy (non-hydrogen) atoms. The molecule has 4 heterocycles. The zero-order valence-electron chi connectivity index (χ0n) is 34.9. The van der Waals surface area contributed by atoms with Crippen molar-refractivity contribution in [3.63, 3.8) is 0 Å². The second-order valence-electron chi connectivity index (χ2n) is 17.6. The lowest BCUT2D eigenvalue weighted by molar-refractivity contribution is -0.151. The monoisotopic (exact) mass is 811 g/mol. The molecular formula is C52H49N3O6. The zero-order valence-corrected chi connectivity index (χ0v) is 34.9. The topological polar surface area (TPSA) is 99.6 Å². The molecule has 4 aliphatic rings. The van der Waals surface area contributed by atoms with E-state index < -0.39 is 23.0 Å². The van der Waals surface area contributed by atoms with Gasteiger partial charge in [0.2, 0.25) is 5.91 Å². The van der Waals surface area contributed by atoms with Gasteiger partial charge in [-0.3, -0.25) is 19.3 Å². The van der Waals surface area contributed by atoms with Crippen LogP contribution in [-0.4, -0.2) is 53.6 Å². The van der Waals surface area contributed by atoms with Gasteiger partial charge in [-0.2, -0.15) is 0 Å². The number of hydrogen-bond acceptors (Lipinski definition) is 6. The highest BCUT2D eigenvalue weighted by Crippen LogP contribution is 2.61. The largest absolute Gasteiger partial charge is 0.497 e. The Morgan fingerprint density at radius 3 is 2.31 bits per heavy atom. The maximum Gasteiger partial charge on any atom is 0.264 e. The number of methoxy groups -OCH3 is 1. The lowest BCUT2D eigenvalue weighted by atomic mass is 9.63. The predicted octanol–water partition coefficient (Wildman–Crippen LogP) is 8.85. The second-order valence-corrected chi connectivity index (χ2v) is 17.6. The van der Waals surface area contributed by atoms with Gasteiger partial charge in [0.1, 0.15) is 5.75 Å². The second kappa shape index (κ2) is 14.7. The number of aliphatic hydroxyl groups is 1. The molecule has 1 fully saturated rings. The molecule has 0 saturated carbocycles. The summed E-state index contributed by atoms with van der Waals surface area (Å²) in [5.74, 6) is -0.493. The molecule has 308 valence electrons. The molecule has 0 radical (unpaired) electrons. The summed E-state index contributed by atoms with van der Waals surface area (Å²) in [5.41, 5.74) is 5.55. The average molecular weight is 812 g/mol. The molecule has 9 heteroatoms. The van der Waals surface area contributed by atoms with Gasteiger partial charge in [0.15, 0.2) is 5.60 Å². The number of fused-ring (bicyclic) bond motifs is 3. The van der Waals surface area contributed by atoms with Gasteiger partial charge in [-0.25, -0.2) is 0 Å². The summed E-state index contributed by atoms with van der Waals surface area (Å²) in [6.45, 7) is 6.97. The standard InChI is InChI=1S/C52H49N3O6/c1-32-48(51(2,3)37-20-23-40(60-4)24-21-37)45(28-46(57)53-30-36-15-9-8-14-35(36)26-39(53)31-56)61-52(32)42-27-38(22-25-43(42)54(50(52)59)29-33-12-6-5-7-13-33)55-44-19-11-17-34-16-10-18-41(47(34)44)49(55)58/h5-25,27,32,39,45,48,56H,26,28-31H2,1-4H3/t32-,39-,45+,48-,52+/m0/s1. The highest BCUT2D eigenvalue weighted by atomic mass is 16.5. The molecule has 5 atom stereocenters. The minimum Gasteiger partial charge on any atom is -0.497 e. The van der Waals surface area contributed by atoms with Crippen molar-refractivity contribution in [2.24, 2.45) is 11.8 Å². The van der Waals surface area contributed by atoms with Crippen molar-refractivity contribution in [3.8, 4) is 5.75 Å². The summed E-state index contributed by atoms with van der Waals surface area (Å²) in [6, 6.07) is 43.2. The zero-order chi connectivity index (χ0) is 42.2. The van der Waals surface area contributed by atoms with Gasteiger partial charge < -0.3 is 24.4 Å². The molecule has 0 aliphatic carbocycles. The number of anilines is 3. The van der Waals surface area contributed by atoms with E-state index in [0.29, 0.717) is 42.0 Å². The first-order valence-corrected chi connectivity index (χ1v) is 21.2. The van der Waals surface area contributed by atoms with Gasteiger partial charge in [0, 0.05) is 35.0 Å². The van der Waals surface area contributed by atoms with Crippen LogP contribution in [0.5, 0.6) is 5.75 Å². The van der Waals surface area contributed by atoms with Gasteiger partial charge in [0.25, 0.3) is 11.8 Å². The van der Waals surface area contributed by atoms with Crippen LogP contribution in [0.3, 0.4) is 0 Å². The Morgan fingerprint density at radius 1 is 0.852 bits per heavy atom. The van der Waals surface area contributed by atoms with Crippen LogP contribution in [0, 0.1) is 11.8 Å². The fraction of sp³-hybridized carbons (Fsp3) is 0.288. The van der Waals surface area contributed by atoms with E-state index in [0.717, 1.165) is 44.5 Å². The molecule has 10 rings (SSSR count). The van der Waals surface area contributed by atoms with E-state index in [2.05, 4.69) is 39.0 Å². The summed E-state index contributed by atoms with van der Waals surface area (Å²) in [6.07, 6.45) is -0.126. The van der Waals surface area contributed by atoms with E-state index in [1.54, 1.807) is 16.9 Å². The molecule has 1 spiro atoms. The average Bonchev–Trinajstić information content (AvgIpc) is 3.84. The van der Waals surface area contributed by atoms with E-state index in [-0.39, 0.29) is 42.7 Å². The number of carbonyl (C=O) groups excluding carboxylic acids is 3. The summed E-state index contributed by atoms with van der Waals surface area (Å²) in [4.78, 5) is 50.1. The molecule has 0 bridgehead atoms. The molecule has 1 N–H and O–H groups in total. The molecule has 6 aromatic rings. The van der Waals surface area contributed by atoms with Crippen molar-refractivity contribution in [2.45, 2.75) is 69.9 Å².